The summed E-state index contributed by atoms with van der Waals surface area (Å²) in [5, 5.41) is 6.44. The van der Waals surface area contributed by atoms with Crippen LogP contribution in [0.25, 0.3) is 0 Å². The van der Waals surface area contributed by atoms with E-state index in [0.717, 1.165) is 38.0 Å². The van der Waals surface area contributed by atoms with E-state index in [0.29, 0.717) is 52.4 Å². The van der Waals surface area contributed by atoms with Gasteiger partial charge in [0.2, 0.25) is 11.9 Å². The van der Waals surface area contributed by atoms with Gasteiger partial charge in [0.05, 0.1) is 13.2 Å². The summed E-state index contributed by atoms with van der Waals surface area (Å²) in [6, 6.07) is 1.80. The molecule has 1 aromatic heterocycles. The van der Waals surface area contributed by atoms with E-state index < -0.39 is 0 Å². The summed E-state index contributed by atoms with van der Waals surface area (Å²) in [6.45, 7) is 8.76. The molecule has 11 heteroatoms. The van der Waals surface area contributed by atoms with Crippen LogP contribution in [0.1, 0.15) is 19.8 Å². The van der Waals surface area contributed by atoms with Gasteiger partial charge in [-0.05, 0) is 19.4 Å². The Kier molecular flexibility index (Phi) is 14.9. The molecule has 2 rings (SSSR count). The molecule has 1 amide bonds. The van der Waals surface area contributed by atoms with Crippen LogP contribution in [-0.2, 0) is 14.3 Å². The Morgan fingerprint density at radius 1 is 1.13 bits per heavy atom. The first-order valence-corrected chi connectivity index (χ1v) is 10.6. The minimum absolute atomic E-state index is 0. The van der Waals surface area contributed by atoms with Crippen LogP contribution in [0, 0.1) is 0 Å². The third kappa shape index (κ3) is 10.9. The van der Waals surface area contributed by atoms with Gasteiger partial charge in [0.15, 0.2) is 5.96 Å². The number of rotatable bonds is 12. The maximum atomic E-state index is 12.5. The lowest BCUT2D eigenvalue weighted by molar-refractivity contribution is -0.131. The highest BCUT2D eigenvalue weighted by Gasteiger charge is 2.22. The lowest BCUT2D eigenvalue weighted by atomic mass is 10.3. The number of nitrogens with zero attached hydrogens (tertiary/aromatic N) is 5. The minimum atomic E-state index is 0. The van der Waals surface area contributed by atoms with E-state index in [4.69, 9.17) is 9.47 Å². The van der Waals surface area contributed by atoms with E-state index in [1.165, 1.54) is 0 Å². The highest BCUT2D eigenvalue weighted by Crippen LogP contribution is 2.10. The van der Waals surface area contributed by atoms with Crippen molar-refractivity contribution >= 4 is 41.8 Å². The molecule has 0 radical (unpaired) electrons. The molecule has 0 spiro atoms. The molecule has 1 saturated heterocycles. The van der Waals surface area contributed by atoms with Crippen molar-refractivity contribution in [2.75, 3.05) is 77.6 Å². The van der Waals surface area contributed by atoms with Gasteiger partial charge in [-0.15, -0.1) is 24.0 Å². The molecule has 0 aromatic carbocycles. The van der Waals surface area contributed by atoms with Crippen molar-refractivity contribution in [3.8, 4) is 0 Å². The number of hydrogen-bond acceptors (Lipinski definition) is 7. The van der Waals surface area contributed by atoms with E-state index in [9.17, 15) is 4.79 Å². The maximum Gasteiger partial charge on any atom is 0.225 e. The second kappa shape index (κ2) is 16.9. The molecule has 1 aliphatic rings. The third-order valence-corrected chi connectivity index (χ3v) is 4.59. The average Bonchev–Trinajstić information content (AvgIpc) is 2.79. The van der Waals surface area contributed by atoms with Gasteiger partial charge in [0.1, 0.15) is 0 Å². The van der Waals surface area contributed by atoms with Gasteiger partial charge in [0.25, 0.3) is 0 Å². The van der Waals surface area contributed by atoms with Gasteiger partial charge in [-0.25, -0.2) is 9.97 Å². The highest BCUT2D eigenvalue weighted by atomic mass is 127. The fraction of sp³-hybridized carbons (Fsp3) is 0.700. The number of ether oxygens (including phenoxy) is 2. The first-order valence-electron chi connectivity index (χ1n) is 10.6. The number of carbonyl (C=O) groups excluding carboxylic acids is 1. The van der Waals surface area contributed by atoms with Gasteiger partial charge in [-0.2, -0.15) is 0 Å². The predicted molar refractivity (Wildman–Crippen MR) is 132 cm³/mol. The van der Waals surface area contributed by atoms with Gasteiger partial charge < -0.3 is 29.9 Å². The van der Waals surface area contributed by atoms with Crippen LogP contribution in [0.4, 0.5) is 5.95 Å². The second-order valence-corrected chi connectivity index (χ2v) is 6.81. The Morgan fingerprint density at radius 2 is 1.87 bits per heavy atom. The molecule has 0 aliphatic carbocycles. The SMILES string of the molecule is CCNC(=NCCCOCCOC)NCCC(=O)N1CCN(c2ncccn2)CC1.I. The lowest BCUT2D eigenvalue weighted by Crippen LogP contribution is -2.50. The molecular weight excluding hydrogens is 513 g/mol. The van der Waals surface area contributed by atoms with E-state index in [1.807, 2.05) is 11.8 Å². The summed E-state index contributed by atoms with van der Waals surface area (Å²) in [4.78, 5) is 29.6. The number of carbonyl (C=O) groups is 1. The number of nitrogens with one attached hydrogen (secondary N) is 2. The van der Waals surface area contributed by atoms with E-state index in [-0.39, 0.29) is 29.9 Å². The number of methoxy groups -OCH3 is 1. The molecule has 0 bridgehead atoms. The molecule has 1 fully saturated rings. The summed E-state index contributed by atoms with van der Waals surface area (Å²) < 4.78 is 10.4. The Hall–Kier alpha value is -1.73. The van der Waals surface area contributed by atoms with Crippen molar-refractivity contribution in [1.29, 1.82) is 0 Å². The number of aliphatic imine (C=N–C) groups is 1. The van der Waals surface area contributed by atoms with Crippen LogP contribution in [-0.4, -0.2) is 99.5 Å². The standard InChI is InChI=1S/C20H35N7O3.HI/c1-3-21-19(22-9-5-15-30-17-16-29-2)23-10-6-18(28)26-11-13-27(14-12-26)20-24-7-4-8-25-20;/h4,7-8H,3,5-6,9-17H2,1-2H3,(H2,21,22,23);1H. The smallest absolute Gasteiger partial charge is 0.225 e. The maximum absolute atomic E-state index is 12.5. The highest BCUT2D eigenvalue weighted by molar-refractivity contribution is 14.0. The van der Waals surface area contributed by atoms with Gasteiger partial charge in [0, 0.05) is 78.3 Å². The molecule has 2 N–H and O–H groups in total. The molecule has 176 valence electrons. The van der Waals surface area contributed by atoms with E-state index in [2.05, 4.69) is 30.5 Å². The lowest BCUT2D eigenvalue weighted by Gasteiger charge is -2.34. The van der Waals surface area contributed by atoms with Crippen LogP contribution in [0.5, 0.6) is 0 Å². The van der Waals surface area contributed by atoms with Gasteiger partial charge >= 0.3 is 0 Å². The zero-order valence-electron chi connectivity index (χ0n) is 18.6. The number of halogens is 1. The molecule has 1 aliphatic heterocycles. The van der Waals surface area contributed by atoms with Gasteiger partial charge in [-0.1, -0.05) is 0 Å². The summed E-state index contributed by atoms with van der Waals surface area (Å²) in [5.41, 5.74) is 0. The number of piperazine rings is 1. The first kappa shape index (κ1) is 27.3. The summed E-state index contributed by atoms with van der Waals surface area (Å²) in [7, 11) is 1.66. The molecule has 0 saturated carbocycles. The monoisotopic (exact) mass is 549 g/mol. The van der Waals surface area contributed by atoms with Crippen LogP contribution >= 0.6 is 24.0 Å². The molecule has 10 nitrogen and oxygen atoms in total. The van der Waals surface area contributed by atoms with Crippen molar-refractivity contribution in [1.82, 2.24) is 25.5 Å². The number of aromatic nitrogens is 2. The Balaban J connectivity index is 0.00000480. The van der Waals surface area contributed by atoms with Crippen LogP contribution in [0.2, 0.25) is 0 Å². The van der Waals surface area contributed by atoms with Crippen LogP contribution < -0.4 is 15.5 Å². The zero-order chi connectivity index (χ0) is 21.4. The van der Waals surface area contributed by atoms with Crippen molar-refractivity contribution < 1.29 is 14.3 Å². The Labute approximate surface area is 202 Å². The van der Waals surface area contributed by atoms with Crippen LogP contribution in [0.3, 0.4) is 0 Å². The van der Waals surface area contributed by atoms with Crippen molar-refractivity contribution in [3.05, 3.63) is 18.5 Å². The fourth-order valence-corrected chi connectivity index (χ4v) is 3.00. The van der Waals surface area contributed by atoms with Gasteiger partial charge in [-0.3, -0.25) is 9.79 Å². The fourth-order valence-electron chi connectivity index (χ4n) is 3.00. The van der Waals surface area contributed by atoms with Crippen LogP contribution in [0.15, 0.2) is 23.5 Å². The number of guanidine groups is 1. The summed E-state index contributed by atoms with van der Waals surface area (Å²) >= 11 is 0. The van der Waals surface area contributed by atoms with Crippen molar-refractivity contribution in [2.24, 2.45) is 4.99 Å². The quantitative estimate of drug-likeness (QED) is 0.170. The number of anilines is 1. The minimum Gasteiger partial charge on any atom is -0.382 e. The molecule has 0 unspecified atom stereocenters. The predicted octanol–water partition coefficient (Wildman–Crippen LogP) is 0.742. The van der Waals surface area contributed by atoms with E-state index >= 15 is 0 Å². The first-order chi connectivity index (χ1) is 14.7. The van der Waals surface area contributed by atoms with E-state index in [1.54, 1.807) is 25.6 Å². The molecule has 2 heterocycles. The summed E-state index contributed by atoms with van der Waals surface area (Å²) in [6.07, 6.45) is 4.76. The molecular formula is C20H36IN7O3. The largest absolute Gasteiger partial charge is 0.382 e. The molecule has 31 heavy (non-hydrogen) atoms. The average molecular weight is 549 g/mol. The number of amides is 1. The third-order valence-electron chi connectivity index (χ3n) is 4.59. The Morgan fingerprint density at radius 3 is 2.55 bits per heavy atom. The zero-order valence-corrected chi connectivity index (χ0v) is 20.9. The summed E-state index contributed by atoms with van der Waals surface area (Å²) in [5.74, 6) is 1.61. The topological polar surface area (TPSA) is 104 Å². The molecule has 0 atom stereocenters. The normalized spacial score (nSPS) is 14.2. The number of hydrogen-bond donors (Lipinski definition) is 2. The molecule has 1 aromatic rings. The second-order valence-electron chi connectivity index (χ2n) is 6.81. The van der Waals surface area contributed by atoms with Crippen molar-refractivity contribution in [2.45, 2.75) is 19.8 Å². The van der Waals surface area contributed by atoms with Crippen molar-refractivity contribution in [3.63, 3.8) is 0 Å². The Bertz CT molecular complexity index is 628.